The number of benzene rings is 1. The molecule has 3 heteroatoms. The minimum absolute atomic E-state index is 0.200. The van der Waals surface area contributed by atoms with Crippen molar-refractivity contribution >= 4 is 11.6 Å². The number of hydrogen-bond acceptors (Lipinski definition) is 1. The first-order valence-corrected chi connectivity index (χ1v) is 4.31. The zero-order chi connectivity index (χ0) is 8.55. The van der Waals surface area contributed by atoms with E-state index in [2.05, 4.69) is 5.32 Å². The van der Waals surface area contributed by atoms with Crippen molar-refractivity contribution in [2.75, 3.05) is 13.1 Å². The zero-order valence-corrected chi connectivity index (χ0v) is 7.24. The van der Waals surface area contributed by atoms with Gasteiger partial charge in [0, 0.05) is 19.0 Å². The molecule has 1 heterocycles. The Kier molecular flexibility index (Phi) is 2.03. The van der Waals surface area contributed by atoms with Gasteiger partial charge in [0.05, 0.1) is 5.02 Å². The van der Waals surface area contributed by atoms with E-state index in [4.69, 9.17) is 11.6 Å². The van der Waals surface area contributed by atoms with Crippen molar-refractivity contribution in [1.82, 2.24) is 5.32 Å². The molecule has 1 aromatic carbocycles. The van der Waals surface area contributed by atoms with Gasteiger partial charge < -0.3 is 5.32 Å². The summed E-state index contributed by atoms with van der Waals surface area (Å²) >= 11 is 5.56. The van der Waals surface area contributed by atoms with Crippen LogP contribution in [0.3, 0.4) is 0 Å². The Balaban J connectivity index is 2.27. The van der Waals surface area contributed by atoms with E-state index >= 15 is 0 Å². The van der Waals surface area contributed by atoms with Crippen LogP contribution in [0.2, 0.25) is 5.02 Å². The van der Waals surface area contributed by atoms with Crippen molar-refractivity contribution in [3.05, 3.63) is 34.6 Å². The lowest BCUT2D eigenvalue weighted by Gasteiger charge is -2.27. The van der Waals surface area contributed by atoms with Crippen molar-refractivity contribution in [3.8, 4) is 0 Å². The molecular weight excluding hydrogens is 177 g/mol. The molecule has 0 unspecified atom stereocenters. The topological polar surface area (TPSA) is 12.0 Å². The van der Waals surface area contributed by atoms with Gasteiger partial charge in [0.15, 0.2) is 0 Å². The molecule has 0 radical (unpaired) electrons. The third-order valence-electron chi connectivity index (χ3n) is 2.20. The van der Waals surface area contributed by atoms with Crippen LogP contribution in [0.4, 0.5) is 4.39 Å². The van der Waals surface area contributed by atoms with Crippen LogP contribution >= 0.6 is 11.6 Å². The second-order valence-electron chi connectivity index (χ2n) is 3.03. The fraction of sp³-hybridized carbons (Fsp3) is 0.333. The second-order valence-corrected chi connectivity index (χ2v) is 3.44. The van der Waals surface area contributed by atoms with E-state index in [1.54, 1.807) is 6.07 Å². The highest BCUT2D eigenvalue weighted by molar-refractivity contribution is 6.30. The molecule has 0 bridgehead atoms. The van der Waals surface area contributed by atoms with E-state index in [-0.39, 0.29) is 10.8 Å². The maximum absolute atomic E-state index is 12.9. The van der Waals surface area contributed by atoms with Crippen LogP contribution < -0.4 is 5.32 Å². The summed E-state index contributed by atoms with van der Waals surface area (Å²) in [6.45, 7) is 1.89. The molecule has 0 atom stereocenters. The molecule has 0 aliphatic carbocycles. The Bertz CT molecular complexity index is 297. The van der Waals surface area contributed by atoms with Gasteiger partial charge in [-0.05, 0) is 17.7 Å². The van der Waals surface area contributed by atoms with Crippen LogP contribution in [-0.4, -0.2) is 13.1 Å². The van der Waals surface area contributed by atoms with E-state index in [0.717, 1.165) is 18.7 Å². The predicted molar refractivity (Wildman–Crippen MR) is 47.0 cm³/mol. The third kappa shape index (κ3) is 1.32. The molecule has 1 saturated heterocycles. The Morgan fingerprint density at radius 1 is 1.42 bits per heavy atom. The number of rotatable bonds is 1. The van der Waals surface area contributed by atoms with Crippen LogP contribution in [-0.2, 0) is 0 Å². The van der Waals surface area contributed by atoms with E-state index in [1.165, 1.54) is 6.07 Å². The first-order chi connectivity index (χ1) is 5.77. The summed E-state index contributed by atoms with van der Waals surface area (Å²) in [4.78, 5) is 0. The Labute approximate surface area is 75.5 Å². The minimum Gasteiger partial charge on any atom is -0.315 e. The summed E-state index contributed by atoms with van der Waals surface area (Å²) in [5, 5.41) is 3.34. The lowest BCUT2D eigenvalue weighted by atomic mass is 9.94. The van der Waals surface area contributed by atoms with E-state index in [0.29, 0.717) is 5.92 Å². The average Bonchev–Trinajstić information content (AvgIpc) is 1.93. The molecule has 2 rings (SSSR count). The molecule has 1 N–H and O–H groups in total. The maximum atomic E-state index is 12.9. The Hall–Kier alpha value is -0.600. The summed E-state index contributed by atoms with van der Waals surface area (Å²) in [7, 11) is 0. The molecule has 64 valence electrons. The van der Waals surface area contributed by atoms with Gasteiger partial charge in [-0.25, -0.2) is 4.39 Å². The first kappa shape index (κ1) is 8.02. The minimum atomic E-state index is -0.318. The summed E-state index contributed by atoms with van der Waals surface area (Å²) in [5.41, 5.74) is 1.04. The normalized spacial score (nSPS) is 17.5. The van der Waals surface area contributed by atoms with Gasteiger partial charge in [-0.3, -0.25) is 0 Å². The predicted octanol–water partition coefficient (Wildman–Crippen LogP) is 2.17. The van der Waals surface area contributed by atoms with Gasteiger partial charge in [-0.1, -0.05) is 17.7 Å². The van der Waals surface area contributed by atoms with E-state index in [9.17, 15) is 4.39 Å². The summed E-state index contributed by atoms with van der Waals surface area (Å²) in [5.74, 6) is 0.151. The van der Waals surface area contributed by atoms with Crippen LogP contribution in [0.15, 0.2) is 18.2 Å². The molecule has 0 aromatic heterocycles. The fourth-order valence-corrected chi connectivity index (χ4v) is 1.41. The van der Waals surface area contributed by atoms with Gasteiger partial charge in [0.1, 0.15) is 5.82 Å². The van der Waals surface area contributed by atoms with Crippen molar-refractivity contribution in [2.24, 2.45) is 0 Å². The highest BCUT2D eigenvalue weighted by atomic mass is 35.5. The van der Waals surface area contributed by atoms with Crippen LogP contribution in [0.25, 0.3) is 0 Å². The maximum Gasteiger partial charge on any atom is 0.142 e. The first-order valence-electron chi connectivity index (χ1n) is 3.93. The van der Waals surface area contributed by atoms with E-state index < -0.39 is 0 Å². The molecule has 1 aliphatic heterocycles. The van der Waals surface area contributed by atoms with Crippen LogP contribution in [0.1, 0.15) is 11.5 Å². The van der Waals surface area contributed by atoms with Crippen molar-refractivity contribution in [1.29, 1.82) is 0 Å². The molecule has 12 heavy (non-hydrogen) atoms. The SMILES string of the molecule is Fc1cc(C2CNC2)ccc1Cl. The molecule has 1 aliphatic rings. The molecule has 1 fully saturated rings. The largest absolute Gasteiger partial charge is 0.315 e. The average molecular weight is 186 g/mol. The number of halogens is 2. The van der Waals surface area contributed by atoms with Gasteiger partial charge in [0.25, 0.3) is 0 Å². The highest BCUT2D eigenvalue weighted by Crippen LogP contribution is 2.23. The molecule has 0 saturated carbocycles. The highest BCUT2D eigenvalue weighted by Gasteiger charge is 2.19. The Morgan fingerprint density at radius 3 is 2.67 bits per heavy atom. The molecular formula is C9H9ClFN. The molecule has 0 amide bonds. The smallest absolute Gasteiger partial charge is 0.142 e. The lowest BCUT2D eigenvalue weighted by molar-refractivity contribution is 0.446. The van der Waals surface area contributed by atoms with Crippen LogP contribution in [0, 0.1) is 5.82 Å². The van der Waals surface area contributed by atoms with Crippen LogP contribution in [0.5, 0.6) is 0 Å². The molecule has 0 spiro atoms. The number of hydrogen-bond donors (Lipinski definition) is 1. The van der Waals surface area contributed by atoms with Crippen molar-refractivity contribution in [2.45, 2.75) is 5.92 Å². The van der Waals surface area contributed by atoms with Gasteiger partial charge >= 0.3 is 0 Å². The summed E-state index contributed by atoms with van der Waals surface area (Å²) in [6, 6.07) is 5.02. The quantitative estimate of drug-likeness (QED) is 0.707. The monoisotopic (exact) mass is 185 g/mol. The molecule has 1 nitrogen and oxygen atoms in total. The number of nitrogens with one attached hydrogen (secondary N) is 1. The standard InChI is InChI=1S/C9H9ClFN/c10-8-2-1-6(3-9(8)11)7-4-12-5-7/h1-3,7,12H,4-5H2. The van der Waals surface area contributed by atoms with E-state index in [1.807, 2.05) is 6.07 Å². The van der Waals surface area contributed by atoms with Crippen molar-refractivity contribution < 1.29 is 4.39 Å². The fourth-order valence-electron chi connectivity index (χ4n) is 1.29. The Morgan fingerprint density at radius 2 is 2.17 bits per heavy atom. The van der Waals surface area contributed by atoms with Gasteiger partial charge in [-0.2, -0.15) is 0 Å². The van der Waals surface area contributed by atoms with Gasteiger partial charge in [0.2, 0.25) is 0 Å². The zero-order valence-electron chi connectivity index (χ0n) is 6.48. The van der Waals surface area contributed by atoms with Crippen molar-refractivity contribution in [3.63, 3.8) is 0 Å². The summed E-state index contributed by atoms with van der Waals surface area (Å²) < 4.78 is 12.9. The second kappa shape index (κ2) is 3.04. The third-order valence-corrected chi connectivity index (χ3v) is 2.50. The summed E-state index contributed by atoms with van der Waals surface area (Å²) in [6.07, 6.45) is 0. The molecule has 1 aromatic rings. The van der Waals surface area contributed by atoms with Gasteiger partial charge in [-0.15, -0.1) is 0 Å². The lowest BCUT2D eigenvalue weighted by Crippen LogP contribution is -2.39.